The highest BCUT2D eigenvalue weighted by Crippen LogP contribution is 2.34. The van der Waals surface area contributed by atoms with Crippen LogP contribution in [0.15, 0.2) is 60.8 Å². The van der Waals surface area contributed by atoms with Crippen molar-refractivity contribution >= 4 is 28.6 Å². The van der Waals surface area contributed by atoms with Crippen molar-refractivity contribution in [3.05, 3.63) is 83.3 Å². The Balaban J connectivity index is 0.000000350. The molecule has 9 heteroatoms. The number of halogens is 1. The summed E-state index contributed by atoms with van der Waals surface area (Å²) < 4.78 is 14.8. The molecule has 2 aromatic carbocycles. The molecule has 1 fully saturated rings. The van der Waals surface area contributed by atoms with Crippen LogP contribution in [0, 0.1) is 5.82 Å². The fourth-order valence-electron chi connectivity index (χ4n) is 3.98. The standard InChI is InChI=1S/C21H22FN3O.C4H4O4/c1-24-10-8-14(9-11-24)19-13-25(23)20-7-4-16(12-18(19)20)21(26)15-2-5-17(22)6-3-15;5-3(6)1-2-4(7)8/h2-7,12-14H,8-11,23H2,1H3;1-2H,(H,5,6)(H,7,8). The van der Waals surface area contributed by atoms with Gasteiger partial charge in [-0.3, -0.25) is 9.47 Å². The van der Waals surface area contributed by atoms with Gasteiger partial charge in [-0.15, -0.1) is 0 Å². The molecule has 4 N–H and O–H groups in total. The van der Waals surface area contributed by atoms with E-state index in [1.54, 1.807) is 10.7 Å². The molecule has 0 amide bonds. The third kappa shape index (κ3) is 6.08. The molecule has 0 aliphatic carbocycles. The van der Waals surface area contributed by atoms with Crippen molar-refractivity contribution < 1.29 is 29.0 Å². The zero-order chi connectivity index (χ0) is 24.8. The van der Waals surface area contributed by atoms with Crippen LogP contribution >= 0.6 is 0 Å². The number of carbonyl (C=O) groups excluding carboxylic acids is 1. The number of aromatic nitrogens is 1. The van der Waals surface area contributed by atoms with Crippen LogP contribution in [0.2, 0.25) is 0 Å². The number of aliphatic carboxylic acids is 2. The topological polar surface area (TPSA) is 126 Å². The molecule has 0 spiro atoms. The third-order valence-electron chi connectivity index (χ3n) is 5.76. The van der Waals surface area contributed by atoms with Crippen molar-refractivity contribution in [2.45, 2.75) is 18.8 Å². The van der Waals surface area contributed by atoms with E-state index in [4.69, 9.17) is 16.1 Å². The van der Waals surface area contributed by atoms with E-state index in [0.29, 0.717) is 29.2 Å². The summed E-state index contributed by atoms with van der Waals surface area (Å²) in [5, 5.41) is 16.7. The Bertz CT molecular complexity index is 1210. The Morgan fingerprint density at radius 2 is 1.53 bits per heavy atom. The number of fused-ring (bicyclic) bond motifs is 1. The van der Waals surface area contributed by atoms with Gasteiger partial charge in [-0.2, -0.15) is 0 Å². The van der Waals surface area contributed by atoms with E-state index in [9.17, 15) is 18.8 Å². The summed E-state index contributed by atoms with van der Waals surface area (Å²) in [6.07, 6.45) is 5.29. The zero-order valence-corrected chi connectivity index (χ0v) is 18.6. The summed E-state index contributed by atoms with van der Waals surface area (Å²) in [7, 11) is 2.14. The third-order valence-corrected chi connectivity index (χ3v) is 5.76. The Labute approximate surface area is 195 Å². The predicted molar refractivity (Wildman–Crippen MR) is 126 cm³/mol. The Kier molecular flexibility index (Phi) is 7.80. The van der Waals surface area contributed by atoms with Gasteiger partial charge in [0.2, 0.25) is 0 Å². The number of carboxylic acids is 2. The number of likely N-dealkylation sites (tertiary alicyclic amines) is 1. The minimum absolute atomic E-state index is 0.106. The van der Waals surface area contributed by atoms with Crippen LogP contribution < -0.4 is 5.84 Å². The van der Waals surface area contributed by atoms with Gasteiger partial charge >= 0.3 is 11.9 Å². The molecule has 3 aromatic rings. The average molecular weight is 467 g/mol. The summed E-state index contributed by atoms with van der Waals surface area (Å²) in [6.45, 7) is 2.13. The number of carbonyl (C=O) groups is 3. The monoisotopic (exact) mass is 467 g/mol. The van der Waals surface area contributed by atoms with Crippen molar-refractivity contribution in [3.63, 3.8) is 0 Å². The molecule has 2 heterocycles. The molecule has 34 heavy (non-hydrogen) atoms. The molecule has 0 unspecified atom stereocenters. The van der Waals surface area contributed by atoms with Crippen molar-refractivity contribution in [2.75, 3.05) is 26.0 Å². The number of ketones is 1. The van der Waals surface area contributed by atoms with Gasteiger partial charge in [0.05, 0.1) is 5.52 Å². The van der Waals surface area contributed by atoms with Crippen LogP contribution in [-0.2, 0) is 9.59 Å². The average Bonchev–Trinajstić information content (AvgIpc) is 3.14. The van der Waals surface area contributed by atoms with Crippen LogP contribution in [0.5, 0.6) is 0 Å². The number of benzene rings is 2. The number of hydrogen-bond donors (Lipinski definition) is 3. The number of rotatable bonds is 5. The van der Waals surface area contributed by atoms with Crippen molar-refractivity contribution in [2.24, 2.45) is 0 Å². The molecule has 1 aliphatic heterocycles. The lowest BCUT2D eigenvalue weighted by atomic mass is 9.88. The second-order valence-corrected chi connectivity index (χ2v) is 8.15. The summed E-state index contributed by atoms with van der Waals surface area (Å²) in [6, 6.07) is 11.3. The Hall–Kier alpha value is -3.98. The molecule has 0 radical (unpaired) electrons. The predicted octanol–water partition coefficient (Wildman–Crippen LogP) is 3.25. The SMILES string of the molecule is CN1CCC(c2cn(N)c3ccc(C(=O)c4ccc(F)cc4)cc23)CC1.O=C(O)C=CC(=O)O. The van der Waals surface area contributed by atoms with Crippen LogP contribution in [0.25, 0.3) is 10.9 Å². The highest BCUT2D eigenvalue weighted by molar-refractivity contribution is 6.10. The molecule has 178 valence electrons. The highest BCUT2D eigenvalue weighted by Gasteiger charge is 2.23. The highest BCUT2D eigenvalue weighted by atomic mass is 19.1. The first kappa shape index (κ1) is 24.7. The lowest BCUT2D eigenvalue weighted by Gasteiger charge is -2.28. The minimum atomic E-state index is -1.26. The van der Waals surface area contributed by atoms with E-state index in [1.165, 1.54) is 29.8 Å². The molecule has 4 rings (SSSR count). The van der Waals surface area contributed by atoms with Gasteiger partial charge < -0.3 is 21.0 Å². The molecule has 0 bridgehead atoms. The summed E-state index contributed by atoms with van der Waals surface area (Å²) >= 11 is 0. The summed E-state index contributed by atoms with van der Waals surface area (Å²) in [4.78, 5) is 34.2. The van der Waals surface area contributed by atoms with E-state index in [2.05, 4.69) is 11.9 Å². The van der Waals surface area contributed by atoms with Crippen molar-refractivity contribution in [1.29, 1.82) is 0 Å². The number of nitrogens with zero attached hydrogens (tertiary/aromatic N) is 2. The Morgan fingerprint density at radius 3 is 2.09 bits per heavy atom. The van der Waals surface area contributed by atoms with Crippen molar-refractivity contribution in [1.82, 2.24) is 9.58 Å². The maximum absolute atomic E-state index is 13.1. The lowest BCUT2D eigenvalue weighted by Crippen LogP contribution is -2.29. The van der Waals surface area contributed by atoms with Crippen LogP contribution in [0.4, 0.5) is 4.39 Å². The molecular formula is C25H26FN3O5. The van der Waals surface area contributed by atoms with Gasteiger partial charge in [-0.25, -0.2) is 14.0 Å². The van der Waals surface area contributed by atoms with Gasteiger partial charge in [0.1, 0.15) is 5.82 Å². The fourth-order valence-corrected chi connectivity index (χ4v) is 3.98. The van der Waals surface area contributed by atoms with E-state index < -0.39 is 11.9 Å². The molecule has 0 atom stereocenters. The smallest absolute Gasteiger partial charge is 0.328 e. The summed E-state index contributed by atoms with van der Waals surface area (Å²) in [5.74, 6) is 3.63. The molecule has 8 nitrogen and oxygen atoms in total. The van der Waals surface area contributed by atoms with Gasteiger partial charge in [0.15, 0.2) is 5.78 Å². The molecule has 1 saturated heterocycles. The first-order valence-corrected chi connectivity index (χ1v) is 10.7. The molecule has 0 saturated carbocycles. The second kappa shape index (κ2) is 10.8. The maximum Gasteiger partial charge on any atom is 0.328 e. The van der Waals surface area contributed by atoms with Gasteiger partial charge in [0.25, 0.3) is 0 Å². The molecular weight excluding hydrogens is 441 g/mol. The number of piperidine rings is 1. The quantitative estimate of drug-likeness (QED) is 0.299. The van der Waals surface area contributed by atoms with Crippen molar-refractivity contribution in [3.8, 4) is 0 Å². The van der Waals surface area contributed by atoms with Gasteiger partial charge in [-0.1, -0.05) is 0 Å². The largest absolute Gasteiger partial charge is 0.478 e. The maximum atomic E-state index is 13.1. The minimum Gasteiger partial charge on any atom is -0.478 e. The zero-order valence-electron chi connectivity index (χ0n) is 18.6. The number of nitrogen functional groups attached to an aromatic ring is 1. The van der Waals surface area contributed by atoms with Gasteiger partial charge in [0, 0.05) is 34.9 Å². The summed E-state index contributed by atoms with van der Waals surface area (Å²) in [5.41, 5.74) is 3.22. The van der Waals surface area contributed by atoms with Crippen LogP contribution in [-0.4, -0.2) is 57.6 Å². The Morgan fingerprint density at radius 1 is 0.971 bits per heavy atom. The van der Waals surface area contributed by atoms with E-state index in [1.807, 2.05) is 18.3 Å². The van der Waals surface area contributed by atoms with E-state index >= 15 is 0 Å². The first-order chi connectivity index (χ1) is 16.2. The lowest BCUT2D eigenvalue weighted by molar-refractivity contribution is -0.134. The number of carboxylic acid groups (broad SMARTS) is 2. The number of hydrogen-bond acceptors (Lipinski definition) is 5. The number of nitrogens with two attached hydrogens (primary N) is 1. The van der Waals surface area contributed by atoms with E-state index in [0.717, 1.165) is 36.8 Å². The van der Waals surface area contributed by atoms with Gasteiger partial charge in [-0.05, 0) is 86.9 Å². The van der Waals surface area contributed by atoms with Crippen LogP contribution in [0.3, 0.4) is 0 Å². The second-order valence-electron chi connectivity index (χ2n) is 8.15. The molecule has 1 aliphatic rings. The van der Waals surface area contributed by atoms with E-state index in [-0.39, 0.29) is 11.6 Å². The molecule has 1 aromatic heterocycles. The fraction of sp³-hybridized carbons (Fsp3) is 0.240. The first-order valence-electron chi connectivity index (χ1n) is 10.7. The normalized spacial score (nSPS) is 14.6. The van der Waals surface area contributed by atoms with Crippen LogP contribution in [0.1, 0.15) is 40.2 Å².